The highest BCUT2D eigenvalue weighted by molar-refractivity contribution is 6.32. The molecule has 0 bridgehead atoms. The van der Waals surface area contributed by atoms with Gasteiger partial charge in [0.15, 0.2) is 0 Å². The molecule has 0 aliphatic carbocycles. The predicted octanol–water partition coefficient (Wildman–Crippen LogP) is 1.64. The maximum Gasteiger partial charge on any atom is 0.254 e. The van der Waals surface area contributed by atoms with Crippen LogP contribution in [0.5, 0.6) is 0 Å². The molecule has 1 amide bonds. The zero-order valence-electron chi connectivity index (χ0n) is 8.96. The third-order valence-corrected chi connectivity index (χ3v) is 2.15. The molecule has 0 aromatic carbocycles. The monoisotopic (exact) mass is 246 g/mol. The Morgan fingerprint density at radius 2 is 2.44 bits per heavy atom. The van der Waals surface area contributed by atoms with E-state index in [4.69, 9.17) is 16.3 Å². The van der Waals surface area contributed by atoms with Gasteiger partial charge in [-0.2, -0.15) is 0 Å². The number of amides is 1. The molecular formula is C10H12ClFN2O2. The summed E-state index contributed by atoms with van der Waals surface area (Å²) >= 11 is 5.68. The van der Waals surface area contributed by atoms with Crippen LogP contribution in [0.3, 0.4) is 0 Å². The SMILES string of the molecule is COCC(C)NC(=O)c1cc(F)cnc1Cl. The van der Waals surface area contributed by atoms with Gasteiger partial charge in [-0.05, 0) is 13.0 Å². The van der Waals surface area contributed by atoms with Crippen molar-refractivity contribution >= 4 is 17.5 Å². The van der Waals surface area contributed by atoms with Gasteiger partial charge in [0.25, 0.3) is 5.91 Å². The first-order valence-electron chi connectivity index (χ1n) is 4.65. The number of hydrogen-bond donors (Lipinski definition) is 1. The normalized spacial score (nSPS) is 12.2. The summed E-state index contributed by atoms with van der Waals surface area (Å²) in [7, 11) is 1.53. The topological polar surface area (TPSA) is 51.2 Å². The highest BCUT2D eigenvalue weighted by atomic mass is 35.5. The van der Waals surface area contributed by atoms with E-state index in [0.29, 0.717) is 6.61 Å². The number of methoxy groups -OCH3 is 1. The van der Waals surface area contributed by atoms with Crippen molar-refractivity contribution in [3.63, 3.8) is 0 Å². The van der Waals surface area contributed by atoms with E-state index in [1.165, 1.54) is 7.11 Å². The van der Waals surface area contributed by atoms with Gasteiger partial charge < -0.3 is 10.1 Å². The Labute approximate surface area is 97.8 Å². The molecule has 0 aliphatic heterocycles. The van der Waals surface area contributed by atoms with Crippen molar-refractivity contribution in [2.75, 3.05) is 13.7 Å². The van der Waals surface area contributed by atoms with E-state index in [2.05, 4.69) is 10.3 Å². The van der Waals surface area contributed by atoms with Crippen LogP contribution in [0.1, 0.15) is 17.3 Å². The number of carbonyl (C=O) groups excluding carboxylic acids is 1. The lowest BCUT2D eigenvalue weighted by molar-refractivity contribution is 0.0905. The Hall–Kier alpha value is -1.20. The fourth-order valence-electron chi connectivity index (χ4n) is 1.18. The minimum atomic E-state index is -0.603. The van der Waals surface area contributed by atoms with Crippen molar-refractivity contribution in [2.45, 2.75) is 13.0 Å². The second-order valence-corrected chi connectivity index (χ2v) is 3.68. The molecule has 6 heteroatoms. The lowest BCUT2D eigenvalue weighted by Gasteiger charge is -2.12. The molecule has 0 radical (unpaired) electrons. The van der Waals surface area contributed by atoms with Crippen molar-refractivity contribution in [1.29, 1.82) is 0 Å². The molecule has 1 rings (SSSR count). The van der Waals surface area contributed by atoms with Crippen molar-refractivity contribution in [2.24, 2.45) is 0 Å². The van der Waals surface area contributed by atoms with Gasteiger partial charge in [0, 0.05) is 13.2 Å². The molecule has 0 fully saturated rings. The standard InChI is InChI=1S/C10H12ClFN2O2/c1-6(5-16-2)14-10(15)8-3-7(12)4-13-9(8)11/h3-4,6H,5H2,1-2H3,(H,14,15). The van der Waals surface area contributed by atoms with E-state index in [1.54, 1.807) is 6.92 Å². The molecule has 1 N–H and O–H groups in total. The summed E-state index contributed by atoms with van der Waals surface area (Å²) < 4.78 is 17.7. The minimum absolute atomic E-state index is 0.0182. The van der Waals surface area contributed by atoms with Crippen LogP contribution in [0.4, 0.5) is 4.39 Å². The van der Waals surface area contributed by atoms with Crippen molar-refractivity contribution in [3.05, 3.63) is 28.8 Å². The van der Waals surface area contributed by atoms with Crippen LogP contribution in [-0.2, 0) is 4.74 Å². The molecule has 1 atom stereocenters. The first-order chi connectivity index (χ1) is 7.54. The Morgan fingerprint density at radius 3 is 3.06 bits per heavy atom. The van der Waals surface area contributed by atoms with Crippen molar-refractivity contribution in [1.82, 2.24) is 10.3 Å². The molecule has 16 heavy (non-hydrogen) atoms. The molecule has 1 unspecified atom stereocenters. The zero-order valence-corrected chi connectivity index (χ0v) is 9.71. The van der Waals surface area contributed by atoms with E-state index in [9.17, 15) is 9.18 Å². The summed E-state index contributed by atoms with van der Waals surface area (Å²) in [5, 5.41) is 2.59. The molecule has 4 nitrogen and oxygen atoms in total. The Bertz CT molecular complexity index is 387. The second-order valence-electron chi connectivity index (χ2n) is 3.32. The minimum Gasteiger partial charge on any atom is -0.383 e. The molecule has 0 spiro atoms. The fraction of sp³-hybridized carbons (Fsp3) is 0.400. The first-order valence-corrected chi connectivity index (χ1v) is 5.03. The average molecular weight is 247 g/mol. The van der Waals surface area contributed by atoms with Gasteiger partial charge in [-0.15, -0.1) is 0 Å². The molecule has 1 aromatic rings. The Kier molecular flexibility index (Phi) is 4.64. The van der Waals surface area contributed by atoms with Gasteiger partial charge in [-0.1, -0.05) is 11.6 Å². The van der Waals surface area contributed by atoms with Crippen LogP contribution in [0.15, 0.2) is 12.3 Å². The van der Waals surface area contributed by atoms with E-state index in [1.807, 2.05) is 0 Å². The highest BCUT2D eigenvalue weighted by Gasteiger charge is 2.14. The van der Waals surface area contributed by atoms with Crippen molar-refractivity contribution in [3.8, 4) is 0 Å². The van der Waals surface area contributed by atoms with E-state index >= 15 is 0 Å². The number of aromatic nitrogens is 1. The molecule has 88 valence electrons. The third kappa shape index (κ3) is 3.43. The number of nitrogens with one attached hydrogen (secondary N) is 1. The lowest BCUT2D eigenvalue weighted by atomic mass is 10.2. The maximum absolute atomic E-state index is 12.9. The molecule has 0 saturated heterocycles. The maximum atomic E-state index is 12.9. The summed E-state index contributed by atoms with van der Waals surface area (Å²) in [6.45, 7) is 2.13. The summed E-state index contributed by atoms with van der Waals surface area (Å²) in [5.74, 6) is -1.07. The zero-order chi connectivity index (χ0) is 12.1. The smallest absolute Gasteiger partial charge is 0.254 e. The largest absolute Gasteiger partial charge is 0.383 e. The number of rotatable bonds is 4. The summed E-state index contributed by atoms with van der Waals surface area (Å²) in [6.07, 6.45) is 0.956. The molecule has 0 saturated carbocycles. The van der Waals surface area contributed by atoms with E-state index in [-0.39, 0.29) is 16.8 Å². The Morgan fingerprint density at radius 1 is 1.75 bits per heavy atom. The van der Waals surface area contributed by atoms with Crippen LogP contribution in [0.2, 0.25) is 5.15 Å². The van der Waals surface area contributed by atoms with Crippen LogP contribution >= 0.6 is 11.6 Å². The number of ether oxygens (including phenoxy) is 1. The van der Waals surface area contributed by atoms with Crippen LogP contribution in [0, 0.1) is 5.82 Å². The van der Waals surface area contributed by atoms with Gasteiger partial charge in [0.2, 0.25) is 0 Å². The van der Waals surface area contributed by atoms with Gasteiger partial charge in [0.1, 0.15) is 11.0 Å². The van der Waals surface area contributed by atoms with Gasteiger partial charge >= 0.3 is 0 Å². The molecule has 1 aromatic heterocycles. The second kappa shape index (κ2) is 5.77. The van der Waals surface area contributed by atoms with Gasteiger partial charge in [-0.25, -0.2) is 9.37 Å². The van der Waals surface area contributed by atoms with Crippen LogP contribution in [0.25, 0.3) is 0 Å². The van der Waals surface area contributed by atoms with Crippen molar-refractivity contribution < 1.29 is 13.9 Å². The predicted molar refractivity (Wildman–Crippen MR) is 58.0 cm³/mol. The first kappa shape index (κ1) is 12.9. The third-order valence-electron chi connectivity index (χ3n) is 1.84. The van der Waals surface area contributed by atoms with E-state index < -0.39 is 11.7 Å². The summed E-state index contributed by atoms with van der Waals surface area (Å²) in [5.41, 5.74) is 0.0182. The van der Waals surface area contributed by atoms with Crippen LogP contribution in [-0.4, -0.2) is 30.6 Å². The molecular weight excluding hydrogens is 235 g/mol. The average Bonchev–Trinajstić information content (AvgIpc) is 2.21. The quantitative estimate of drug-likeness (QED) is 0.822. The van der Waals surface area contributed by atoms with E-state index in [0.717, 1.165) is 12.3 Å². The molecule has 1 heterocycles. The summed E-state index contributed by atoms with van der Waals surface area (Å²) in [4.78, 5) is 15.2. The molecule has 0 aliphatic rings. The fourth-order valence-corrected chi connectivity index (χ4v) is 1.36. The number of pyridine rings is 1. The number of hydrogen-bond acceptors (Lipinski definition) is 3. The van der Waals surface area contributed by atoms with Gasteiger partial charge in [-0.3, -0.25) is 4.79 Å². The van der Waals surface area contributed by atoms with Gasteiger partial charge in [0.05, 0.1) is 18.4 Å². The lowest BCUT2D eigenvalue weighted by Crippen LogP contribution is -2.35. The number of carbonyl (C=O) groups is 1. The van der Waals surface area contributed by atoms with Crippen LogP contribution < -0.4 is 5.32 Å². The summed E-state index contributed by atoms with van der Waals surface area (Å²) in [6, 6.07) is 0.862. The number of nitrogens with zero attached hydrogens (tertiary/aromatic N) is 1. The number of halogens is 2. The highest BCUT2D eigenvalue weighted by Crippen LogP contribution is 2.13. The Balaban J connectivity index is 2.76.